The zero-order valence-corrected chi connectivity index (χ0v) is 37.3. The molecule has 0 saturated carbocycles. The second kappa shape index (κ2) is 16.6. The van der Waals surface area contributed by atoms with Gasteiger partial charge in [0.1, 0.15) is 5.82 Å². The first-order valence-electron chi connectivity index (χ1n) is 22.7. The molecule has 0 radical (unpaired) electrons. The van der Waals surface area contributed by atoms with Gasteiger partial charge in [0.2, 0.25) is 0 Å². The van der Waals surface area contributed by atoms with Crippen molar-refractivity contribution in [1.29, 1.82) is 0 Å². The van der Waals surface area contributed by atoms with Crippen LogP contribution in [0.5, 0.6) is 0 Å². The van der Waals surface area contributed by atoms with Gasteiger partial charge in [0.15, 0.2) is 8.07 Å². The molecule has 0 spiro atoms. The predicted molar refractivity (Wildman–Crippen MR) is 281 cm³/mol. The van der Waals surface area contributed by atoms with E-state index < -0.39 is 8.07 Å². The maximum Gasteiger partial charge on any atom is 0.186 e. The standard InChI is InChI=1S/C62H45N3Si/c1-7-21-46(22-8-1)48-35-39-52(40-36-48)63(53-41-37-49(38-42-53)47-23-9-2-10-24-47)54-43-44-60-59(45-54)65(51-27-13-4-14-28-51)62-61(57-33-19-20-34-58(57)64(62)50-25-11-3-12-26-50)66(60,55-29-15-5-16-30-55)56-31-17-6-18-32-56/h1-45H. The van der Waals surface area contributed by atoms with Crippen molar-refractivity contribution in [3.8, 4) is 27.9 Å². The maximum atomic E-state index is 2.55. The smallest absolute Gasteiger partial charge is 0.186 e. The van der Waals surface area contributed by atoms with Crippen LogP contribution in [0, 0.1) is 0 Å². The number of hydrogen-bond donors (Lipinski definition) is 0. The third-order valence-electron chi connectivity index (χ3n) is 13.2. The zero-order chi connectivity index (χ0) is 43.9. The average molecular weight is 860 g/mol. The first-order valence-corrected chi connectivity index (χ1v) is 24.7. The van der Waals surface area contributed by atoms with Gasteiger partial charge in [0.25, 0.3) is 0 Å². The van der Waals surface area contributed by atoms with Crippen LogP contribution >= 0.6 is 0 Å². The molecule has 11 aromatic rings. The lowest BCUT2D eigenvalue weighted by atomic mass is 10.0. The summed E-state index contributed by atoms with van der Waals surface area (Å²) in [6.45, 7) is 0. The van der Waals surface area contributed by atoms with Crippen LogP contribution in [0.25, 0.3) is 38.8 Å². The van der Waals surface area contributed by atoms with Crippen LogP contribution in [0.4, 0.5) is 34.3 Å². The van der Waals surface area contributed by atoms with Crippen molar-refractivity contribution in [3.63, 3.8) is 0 Å². The molecule has 0 N–H and O–H groups in total. The van der Waals surface area contributed by atoms with E-state index in [1.54, 1.807) is 0 Å². The van der Waals surface area contributed by atoms with Crippen LogP contribution in [0.15, 0.2) is 273 Å². The molecule has 0 unspecified atom stereocenters. The molecule has 1 aliphatic rings. The Labute approximate surface area is 387 Å². The zero-order valence-electron chi connectivity index (χ0n) is 36.3. The minimum atomic E-state index is -3.11. The van der Waals surface area contributed by atoms with Gasteiger partial charge in [-0.25, -0.2) is 0 Å². The lowest BCUT2D eigenvalue weighted by Crippen LogP contribution is -2.77. The number of aromatic nitrogens is 1. The number of para-hydroxylation sites is 3. The molecule has 0 bridgehead atoms. The summed E-state index contributed by atoms with van der Waals surface area (Å²) in [6.07, 6.45) is 0. The van der Waals surface area contributed by atoms with Crippen LogP contribution in [0.1, 0.15) is 0 Å². The Morgan fingerprint density at radius 2 is 0.742 bits per heavy atom. The van der Waals surface area contributed by atoms with Crippen molar-refractivity contribution in [2.75, 3.05) is 9.80 Å². The van der Waals surface area contributed by atoms with Crippen LogP contribution in [0.3, 0.4) is 0 Å². The summed E-state index contributed by atoms with van der Waals surface area (Å²) in [7, 11) is -3.11. The number of anilines is 6. The van der Waals surface area contributed by atoms with E-state index in [0.29, 0.717) is 0 Å². The molecule has 4 heteroatoms. The van der Waals surface area contributed by atoms with Gasteiger partial charge in [0, 0.05) is 44.7 Å². The van der Waals surface area contributed by atoms with Gasteiger partial charge in [-0.2, -0.15) is 0 Å². The van der Waals surface area contributed by atoms with Crippen molar-refractivity contribution < 1.29 is 0 Å². The number of rotatable bonds is 9. The summed E-state index contributed by atoms with van der Waals surface area (Å²) in [4.78, 5) is 4.97. The van der Waals surface area contributed by atoms with Gasteiger partial charge >= 0.3 is 0 Å². The fraction of sp³-hybridized carbons (Fsp3) is 0. The Hall–Kier alpha value is -8.44. The van der Waals surface area contributed by atoms with Crippen molar-refractivity contribution in [3.05, 3.63) is 273 Å². The van der Waals surface area contributed by atoms with E-state index in [2.05, 4.69) is 287 Å². The second-order valence-corrected chi connectivity index (χ2v) is 20.6. The van der Waals surface area contributed by atoms with Gasteiger partial charge in [-0.3, -0.25) is 9.47 Å². The minimum Gasteiger partial charge on any atom is -0.310 e. The Bertz CT molecular complexity index is 3310. The fourth-order valence-electron chi connectivity index (χ4n) is 10.4. The molecule has 66 heavy (non-hydrogen) atoms. The predicted octanol–water partition coefficient (Wildman–Crippen LogP) is 13.6. The molecule has 1 aliphatic heterocycles. The Morgan fingerprint density at radius 1 is 0.333 bits per heavy atom. The van der Waals surface area contributed by atoms with Crippen molar-refractivity contribution in [2.45, 2.75) is 0 Å². The molecule has 3 nitrogen and oxygen atoms in total. The first kappa shape index (κ1) is 39.2. The first-order chi connectivity index (χ1) is 32.8. The Morgan fingerprint density at radius 3 is 1.26 bits per heavy atom. The van der Waals surface area contributed by atoms with Crippen molar-refractivity contribution >= 4 is 74.0 Å². The monoisotopic (exact) mass is 859 g/mol. The second-order valence-electron chi connectivity index (χ2n) is 16.9. The summed E-state index contributed by atoms with van der Waals surface area (Å²) in [5, 5.41) is 6.69. The molecule has 2 heterocycles. The van der Waals surface area contributed by atoms with Gasteiger partial charge in [-0.1, -0.05) is 206 Å². The molecule has 1 aromatic heterocycles. The molecular formula is C62H45N3Si. The normalized spacial score (nSPS) is 12.6. The molecule has 0 aliphatic carbocycles. The summed E-state index contributed by atoms with van der Waals surface area (Å²) < 4.78 is 2.52. The molecule has 0 atom stereocenters. The SMILES string of the molecule is c1ccc(-c2ccc(N(c3ccc(-c4ccccc4)cc3)c3ccc4c(c3)N(c3ccccc3)c3c(c5ccccc5n3-c3ccccc3)[Si]4(c3ccccc3)c3ccccc3)cc2)cc1. The number of hydrogen-bond acceptors (Lipinski definition) is 2. The van der Waals surface area contributed by atoms with Crippen LogP contribution < -0.4 is 30.5 Å². The highest BCUT2D eigenvalue weighted by Crippen LogP contribution is 2.46. The van der Waals surface area contributed by atoms with Crippen LogP contribution in [-0.2, 0) is 0 Å². The summed E-state index contributed by atoms with van der Waals surface area (Å²) in [6, 6.07) is 100. The highest BCUT2D eigenvalue weighted by molar-refractivity contribution is 7.22. The van der Waals surface area contributed by atoms with E-state index in [1.165, 1.54) is 59.7 Å². The van der Waals surface area contributed by atoms with E-state index in [4.69, 9.17) is 0 Å². The number of nitrogens with zero attached hydrogens (tertiary/aromatic N) is 3. The van der Waals surface area contributed by atoms with Gasteiger partial charge in [-0.15, -0.1) is 0 Å². The highest BCUT2D eigenvalue weighted by atomic mass is 28.3. The van der Waals surface area contributed by atoms with E-state index in [1.807, 2.05) is 0 Å². The van der Waals surface area contributed by atoms with Crippen LogP contribution in [-0.4, -0.2) is 12.6 Å². The summed E-state index contributed by atoms with van der Waals surface area (Å²) in [5.74, 6) is 1.17. The molecule has 312 valence electrons. The number of fused-ring (bicyclic) bond motifs is 4. The topological polar surface area (TPSA) is 11.4 Å². The summed E-state index contributed by atoms with van der Waals surface area (Å²) in [5.41, 5.74) is 12.6. The van der Waals surface area contributed by atoms with E-state index in [9.17, 15) is 0 Å². The molecule has 0 fully saturated rings. The summed E-state index contributed by atoms with van der Waals surface area (Å²) >= 11 is 0. The van der Waals surface area contributed by atoms with Crippen LogP contribution in [0.2, 0.25) is 0 Å². The van der Waals surface area contributed by atoms with E-state index >= 15 is 0 Å². The Kier molecular flexibility index (Phi) is 9.85. The number of benzene rings is 10. The van der Waals surface area contributed by atoms with Gasteiger partial charge in [0.05, 0.1) is 5.52 Å². The molecule has 12 rings (SSSR count). The molecule has 10 aromatic carbocycles. The van der Waals surface area contributed by atoms with Gasteiger partial charge in [-0.05, 0) is 105 Å². The quantitative estimate of drug-likeness (QED) is 0.134. The van der Waals surface area contributed by atoms with Crippen molar-refractivity contribution in [2.24, 2.45) is 0 Å². The van der Waals surface area contributed by atoms with E-state index in [-0.39, 0.29) is 0 Å². The maximum absolute atomic E-state index is 3.11. The lowest BCUT2D eigenvalue weighted by Gasteiger charge is -2.44. The van der Waals surface area contributed by atoms with E-state index in [0.717, 1.165) is 34.1 Å². The Balaban J connectivity index is 1.17. The fourth-order valence-corrected chi connectivity index (χ4v) is 15.6. The molecule has 0 saturated heterocycles. The molecular weight excluding hydrogens is 815 g/mol. The average Bonchev–Trinajstić information content (AvgIpc) is 3.75. The highest BCUT2D eigenvalue weighted by Gasteiger charge is 2.52. The van der Waals surface area contributed by atoms with Gasteiger partial charge < -0.3 is 4.90 Å². The third-order valence-corrected chi connectivity index (χ3v) is 18.1. The van der Waals surface area contributed by atoms with Crippen molar-refractivity contribution in [1.82, 2.24) is 4.57 Å². The molecule has 0 amide bonds. The largest absolute Gasteiger partial charge is 0.310 e. The minimum absolute atomic E-state index is 1.07. The lowest BCUT2D eigenvalue weighted by molar-refractivity contribution is 1.08. The third kappa shape index (κ3) is 6.50.